The molecule has 0 amide bonds. The van der Waals surface area contributed by atoms with Crippen LogP contribution in [0.25, 0.3) is 0 Å². The Hall–Kier alpha value is -0.540. The first-order valence-electron chi connectivity index (χ1n) is 6.61. The summed E-state index contributed by atoms with van der Waals surface area (Å²) in [7, 11) is -4.59. The van der Waals surface area contributed by atoms with Crippen LogP contribution in [0, 0.1) is 0 Å². The van der Waals surface area contributed by atoms with Crippen molar-refractivity contribution in [3.63, 3.8) is 0 Å². The lowest BCUT2D eigenvalue weighted by Crippen LogP contribution is -2.23. The van der Waals surface area contributed by atoms with Gasteiger partial charge in [0.1, 0.15) is 12.7 Å². The van der Waals surface area contributed by atoms with Crippen molar-refractivity contribution in [3.8, 4) is 0 Å². The molecule has 0 bridgehead atoms. The van der Waals surface area contributed by atoms with E-state index >= 15 is 0 Å². The lowest BCUT2D eigenvalue weighted by molar-refractivity contribution is -0.147. The predicted molar refractivity (Wildman–Crippen MR) is 75.2 cm³/mol. The maximum absolute atomic E-state index is 11.1. The van der Waals surface area contributed by atoms with E-state index in [1.54, 1.807) is 0 Å². The molecule has 0 aliphatic carbocycles. The zero-order valence-electron chi connectivity index (χ0n) is 12.2. The largest absolute Gasteiger partial charge is 0.469 e. The van der Waals surface area contributed by atoms with Crippen LogP contribution >= 0.6 is 7.82 Å². The van der Waals surface area contributed by atoms with Crippen LogP contribution in [0.3, 0.4) is 0 Å². The summed E-state index contributed by atoms with van der Waals surface area (Å²) < 4.78 is 19.0. The van der Waals surface area contributed by atoms with E-state index in [0.717, 1.165) is 19.3 Å². The van der Waals surface area contributed by atoms with Gasteiger partial charge in [-0.05, 0) is 6.42 Å². The number of carbonyl (C=O) groups is 1. The normalized spacial score (nSPS) is 12.3. The number of phosphoric acid groups is 1. The van der Waals surface area contributed by atoms with Crippen molar-refractivity contribution < 1.29 is 38.6 Å². The molecule has 1 atom stereocenters. The average molecular weight is 331 g/mol. The molecular formula is C11H26NO8P. The highest BCUT2D eigenvalue weighted by molar-refractivity contribution is 7.46. The van der Waals surface area contributed by atoms with Crippen molar-refractivity contribution in [2.24, 2.45) is 5.73 Å². The number of nitrogens with two attached hydrogens (primary N) is 1. The second-order valence-corrected chi connectivity index (χ2v) is 5.33. The summed E-state index contributed by atoms with van der Waals surface area (Å²) in [5.74, 6) is -0.436. The second-order valence-electron chi connectivity index (χ2n) is 4.09. The van der Waals surface area contributed by atoms with Gasteiger partial charge in [0.15, 0.2) is 0 Å². The smallest absolute Gasteiger partial charge is 0.463 e. The molecule has 21 heavy (non-hydrogen) atoms. The fourth-order valence-electron chi connectivity index (χ4n) is 1.01. The van der Waals surface area contributed by atoms with Gasteiger partial charge >= 0.3 is 13.8 Å². The maximum Gasteiger partial charge on any atom is 0.469 e. The molecule has 0 aromatic heterocycles. The summed E-state index contributed by atoms with van der Waals surface area (Å²) >= 11 is 0. The molecule has 0 radical (unpaired) electrons. The lowest BCUT2D eigenvalue weighted by Gasteiger charge is -2.12. The third-order valence-corrected chi connectivity index (χ3v) is 2.47. The SMILES string of the molecule is CCCCCC(=O)OCC(O)COP(=O)(O)O.NCCO. The highest BCUT2D eigenvalue weighted by atomic mass is 31.2. The summed E-state index contributed by atoms with van der Waals surface area (Å²) in [5, 5.41) is 16.9. The molecule has 6 N–H and O–H groups in total. The number of carbonyl (C=O) groups excluding carboxylic acids is 1. The number of phosphoric ester groups is 1. The molecule has 0 aliphatic rings. The van der Waals surface area contributed by atoms with Gasteiger partial charge in [-0.15, -0.1) is 0 Å². The van der Waals surface area contributed by atoms with Crippen LogP contribution in [-0.2, 0) is 18.6 Å². The Labute approximate surface area is 124 Å². The molecule has 1 unspecified atom stereocenters. The summed E-state index contributed by atoms with van der Waals surface area (Å²) in [4.78, 5) is 27.8. The van der Waals surface area contributed by atoms with Gasteiger partial charge in [0.25, 0.3) is 0 Å². The van der Waals surface area contributed by atoms with E-state index in [1.165, 1.54) is 0 Å². The number of hydrogen-bond acceptors (Lipinski definition) is 7. The third kappa shape index (κ3) is 21.9. The maximum atomic E-state index is 11.1. The number of hydrogen-bond donors (Lipinski definition) is 5. The molecule has 0 heterocycles. The van der Waals surface area contributed by atoms with Crippen LogP contribution in [0.5, 0.6) is 0 Å². The number of rotatable bonds is 10. The van der Waals surface area contributed by atoms with Gasteiger partial charge in [0.2, 0.25) is 0 Å². The quantitative estimate of drug-likeness (QED) is 0.202. The summed E-state index contributed by atoms with van der Waals surface area (Å²) in [6.07, 6.45) is 1.69. The fourth-order valence-corrected chi connectivity index (χ4v) is 1.38. The summed E-state index contributed by atoms with van der Waals surface area (Å²) in [6, 6.07) is 0. The molecule has 0 fully saturated rings. The molecule has 10 heteroatoms. The second kappa shape index (κ2) is 14.4. The predicted octanol–water partition coefficient (Wildman–Crippen LogP) is -0.483. The van der Waals surface area contributed by atoms with E-state index in [4.69, 9.17) is 25.4 Å². The molecular weight excluding hydrogens is 305 g/mol. The van der Waals surface area contributed by atoms with Crippen molar-refractivity contribution in [2.75, 3.05) is 26.4 Å². The summed E-state index contributed by atoms with van der Waals surface area (Å²) in [6.45, 7) is 1.58. The first-order valence-corrected chi connectivity index (χ1v) is 8.14. The Kier molecular flexibility index (Phi) is 15.6. The van der Waals surface area contributed by atoms with Crippen molar-refractivity contribution in [3.05, 3.63) is 0 Å². The molecule has 0 rings (SSSR count). The average Bonchev–Trinajstić information content (AvgIpc) is 2.42. The van der Waals surface area contributed by atoms with Gasteiger partial charge in [-0.25, -0.2) is 4.57 Å². The Morgan fingerprint density at radius 3 is 2.29 bits per heavy atom. The number of aliphatic hydroxyl groups excluding tert-OH is 2. The van der Waals surface area contributed by atoms with Gasteiger partial charge in [0.05, 0.1) is 13.2 Å². The molecule has 128 valence electrons. The highest BCUT2D eigenvalue weighted by Crippen LogP contribution is 2.35. The van der Waals surface area contributed by atoms with E-state index < -0.39 is 26.5 Å². The Balaban J connectivity index is 0. The van der Waals surface area contributed by atoms with Crippen LogP contribution < -0.4 is 5.73 Å². The number of ether oxygens (including phenoxy) is 1. The van der Waals surface area contributed by atoms with E-state index in [0.29, 0.717) is 6.54 Å². The minimum atomic E-state index is -4.59. The van der Waals surface area contributed by atoms with Gasteiger partial charge < -0.3 is 30.5 Å². The zero-order valence-corrected chi connectivity index (χ0v) is 13.1. The van der Waals surface area contributed by atoms with Gasteiger partial charge in [-0.3, -0.25) is 9.32 Å². The number of unbranched alkanes of at least 4 members (excludes halogenated alkanes) is 2. The van der Waals surface area contributed by atoms with Crippen LogP contribution in [0.2, 0.25) is 0 Å². The first-order chi connectivity index (χ1) is 9.76. The Bertz CT molecular complexity index is 294. The Morgan fingerprint density at radius 2 is 1.86 bits per heavy atom. The molecule has 0 saturated heterocycles. The van der Waals surface area contributed by atoms with E-state index in [-0.39, 0.29) is 19.6 Å². The van der Waals surface area contributed by atoms with E-state index in [9.17, 15) is 14.5 Å². The van der Waals surface area contributed by atoms with Crippen LogP contribution in [0.15, 0.2) is 0 Å². The standard InChI is InChI=1S/C9H19O7P.C2H7NO/c1-2-3-4-5-9(11)15-6-8(10)7-16-17(12,13)14;3-1-2-4/h8,10H,2-7H2,1H3,(H2,12,13,14);4H,1-3H2. The zero-order chi connectivity index (χ0) is 16.7. The third-order valence-electron chi connectivity index (χ3n) is 1.99. The van der Waals surface area contributed by atoms with Gasteiger partial charge in [-0.2, -0.15) is 0 Å². The van der Waals surface area contributed by atoms with Gasteiger partial charge in [0, 0.05) is 13.0 Å². The van der Waals surface area contributed by atoms with Crippen molar-refractivity contribution in [1.82, 2.24) is 0 Å². The van der Waals surface area contributed by atoms with Crippen molar-refractivity contribution in [1.29, 1.82) is 0 Å². The minimum Gasteiger partial charge on any atom is -0.463 e. The molecule has 0 aromatic rings. The summed E-state index contributed by atoms with van der Waals surface area (Å²) in [5.41, 5.74) is 4.78. The van der Waals surface area contributed by atoms with Crippen LogP contribution in [-0.4, -0.2) is 58.4 Å². The molecule has 0 aliphatic heterocycles. The monoisotopic (exact) mass is 331 g/mol. The molecule has 9 nitrogen and oxygen atoms in total. The lowest BCUT2D eigenvalue weighted by atomic mass is 10.2. The van der Waals surface area contributed by atoms with Crippen molar-refractivity contribution in [2.45, 2.75) is 38.7 Å². The molecule has 0 aromatic carbocycles. The van der Waals surface area contributed by atoms with E-state index in [2.05, 4.69) is 4.52 Å². The van der Waals surface area contributed by atoms with E-state index in [1.807, 2.05) is 6.92 Å². The van der Waals surface area contributed by atoms with Gasteiger partial charge in [-0.1, -0.05) is 19.8 Å². The molecule has 0 spiro atoms. The highest BCUT2D eigenvalue weighted by Gasteiger charge is 2.17. The Morgan fingerprint density at radius 1 is 1.29 bits per heavy atom. The van der Waals surface area contributed by atoms with Crippen LogP contribution in [0.4, 0.5) is 0 Å². The first kappa shape index (κ1) is 22.7. The topological polar surface area (TPSA) is 160 Å². The number of aliphatic hydroxyl groups is 2. The fraction of sp³-hybridized carbons (Fsp3) is 0.909. The van der Waals surface area contributed by atoms with Crippen LogP contribution in [0.1, 0.15) is 32.6 Å². The minimum absolute atomic E-state index is 0.0972. The number of esters is 1. The molecule has 0 saturated carbocycles. The van der Waals surface area contributed by atoms with Crippen molar-refractivity contribution >= 4 is 13.8 Å².